The first-order valence-electron chi connectivity index (χ1n) is 7.11. The van der Waals surface area contributed by atoms with Crippen molar-refractivity contribution in [3.8, 4) is 0 Å². The van der Waals surface area contributed by atoms with Crippen LogP contribution in [0.15, 0.2) is 23.2 Å². The third kappa shape index (κ3) is 3.14. The van der Waals surface area contributed by atoms with Crippen LogP contribution in [0.1, 0.15) is 37.8 Å². The fourth-order valence-electron chi connectivity index (χ4n) is 2.42. The summed E-state index contributed by atoms with van der Waals surface area (Å²) in [6, 6.07) is 6.39. The summed E-state index contributed by atoms with van der Waals surface area (Å²) in [5, 5.41) is 4.59. The molecule has 19 heavy (non-hydrogen) atoms. The predicted octanol–water partition coefficient (Wildman–Crippen LogP) is 4.62. The number of para-hydroxylation sites is 1. The molecule has 3 heteroatoms. The highest BCUT2D eigenvalue weighted by atomic mass is 32.2. The summed E-state index contributed by atoms with van der Waals surface area (Å²) in [6.45, 7) is 9.81. The Kier molecular flexibility index (Phi) is 4.56. The molecule has 1 aliphatic rings. The van der Waals surface area contributed by atoms with Gasteiger partial charge in [-0.3, -0.25) is 4.99 Å². The molecule has 0 fully saturated rings. The number of amidine groups is 1. The maximum Gasteiger partial charge on any atom is 0.161 e. The summed E-state index contributed by atoms with van der Waals surface area (Å²) in [5.74, 6) is 1.18. The molecule has 0 atom stereocenters. The third-order valence-electron chi connectivity index (χ3n) is 4.29. The molecule has 0 bridgehead atoms. The van der Waals surface area contributed by atoms with Gasteiger partial charge in [0, 0.05) is 18.0 Å². The fourth-order valence-corrected chi connectivity index (χ4v) is 3.70. The topological polar surface area (TPSA) is 24.4 Å². The van der Waals surface area contributed by atoms with Gasteiger partial charge in [0.15, 0.2) is 5.17 Å². The van der Waals surface area contributed by atoms with Crippen molar-refractivity contribution in [2.45, 2.75) is 40.5 Å². The summed E-state index contributed by atoms with van der Waals surface area (Å²) < 4.78 is 0. The number of nitrogens with one attached hydrogen (secondary N) is 1. The van der Waals surface area contributed by atoms with Crippen molar-refractivity contribution in [2.75, 3.05) is 17.6 Å². The second-order valence-electron chi connectivity index (χ2n) is 5.51. The van der Waals surface area contributed by atoms with Gasteiger partial charge in [-0.05, 0) is 43.2 Å². The van der Waals surface area contributed by atoms with Gasteiger partial charge in [-0.15, -0.1) is 0 Å². The normalized spacial score (nSPS) is 18.0. The van der Waals surface area contributed by atoms with Crippen LogP contribution in [0.5, 0.6) is 0 Å². The van der Waals surface area contributed by atoms with Crippen LogP contribution in [0.4, 0.5) is 5.69 Å². The number of thioether (sulfide) groups is 1. The second kappa shape index (κ2) is 6.00. The molecule has 0 saturated heterocycles. The van der Waals surface area contributed by atoms with Crippen molar-refractivity contribution in [1.82, 2.24) is 0 Å². The monoisotopic (exact) mass is 276 g/mol. The van der Waals surface area contributed by atoms with Crippen molar-refractivity contribution in [3.05, 3.63) is 29.3 Å². The molecule has 0 amide bonds. The van der Waals surface area contributed by atoms with Crippen molar-refractivity contribution in [2.24, 2.45) is 10.4 Å². The molecule has 0 saturated carbocycles. The Labute approximate surface area is 121 Å². The minimum absolute atomic E-state index is 0.413. The minimum Gasteiger partial charge on any atom is -0.335 e. The number of aliphatic imine (C=N–C) groups is 1. The van der Waals surface area contributed by atoms with E-state index in [2.05, 4.69) is 51.2 Å². The smallest absolute Gasteiger partial charge is 0.161 e. The molecule has 1 aromatic carbocycles. The van der Waals surface area contributed by atoms with Gasteiger partial charge >= 0.3 is 0 Å². The average Bonchev–Trinajstić information content (AvgIpc) is 2.44. The standard InChI is InChI=1S/C16H24N2S/c1-5-16(6-2)10-17-15(19-11-16)18-14-12(3)8-7-9-13(14)4/h7-9H,5-6,10-11H2,1-4H3,(H,17,18). The summed E-state index contributed by atoms with van der Waals surface area (Å²) in [6.07, 6.45) is 2.44. The Morgan fingerprint density at radius 3 is 2.32 bits per heavy atom. The van der Waals surface area contributed by atoms with Crippen molar-refractivity contribution in [1.29, 1.82) is 0 Å². The average molecular weight is 276 g/mol. The van der Waals surface area contributed by atoms with Crippen LogP contribution in [-0.4, -0.2) is 17.5 Å². The zero-order valence-electron chi connectivity index (χ0n) is 12.4. The Morgan fingerprint density at radius 2 is 1.84 bits per heavy atom. The molecule has 0 unspecified atom stereocenters. The van der Waals surface area contributed by atoms with Gasteiger partial charge in [-0.25, -0.2) is 0 Å². The van der Waals surface area contributed by atoms with Crippen LogP contribution < -0.4 is 5.32 Å². The number of rotatable bonds is 3. The van der Waals surface area contributed by atoms with Crippen LogP contribution in [0.2, 0.25) is 0 Å². The van der Waals surface area contributed by atoms with E-state index in [4.69, 9.17) is 4.99 Å². The first-order valence-corrected chi connectivity index (χ1v) is 8.09. The van der Waals surface area contributed by atoms with Crippen molar-refractivity contribution >= 4 is 22.6 Å². The van der Waals surface area contributed by atoms with Gasteiger partial charge in [0.05, 0.1) is 0 Å². The zero-order valence-corrected chi connectivity index (χ0v) is 13.2. The highest BCUT2D eigenvalue weighted by molar-refractivity contribution is 8.14. The molecular formula is C16H24N2S. The van der Waals surface area contributed by atoms with E-state index < -0.39 is 0 Å². The number of benzene rings is 1. The first-order chi connectivity index (χ1) is 9.10. The fraction of sp³-hybridized carbons (Fsp3) is 0.562. The highest BCUT2D eigenvalue weighted by Crippen LogP contribution is 2.35. The Hall–Kier alpha value is -0.960. The van der Waals surface area contributed by atoms with E-state index in [0.717, 1.165) is 11.7 Å². The van der Waals surface area contributed by atoms with E-state index in [1.165, 1.54) is 35.4 Å². The molecule has 0 aromatic heterocycles. The quantitative estimate of drug-likeness (QED) is 0.870. The van der Waals surface area contributed by atoms with E-state index in [9.17, 15) is 0 Å². The molecule has 2 nitrogen and oxygen atoms in total. The van der Waals surface area contributed by atoms with Crippen molar-refractivity contribution < 1.29 is 0 Å². The van der Waals surface area contributed by atoms with Crippen LogP contribution in [0, 0.1) is 19.3 Å². The summed E-state index contributed by atoms with van der Waals surface area (Å²) in [7, 11) is 0. The molecule has 1 aliphatic heterocycles. The van der Waals surface area contributed by atoms with Gasteiger partial charge in [0.2, 0.25) is 0 Å². The minimum atomic E-state index is 0.413. The molecule has 0 aliphatic carbocycles. The van der Waals surface area contributed by atoms with E-state index in [-0.39, 0.29) is 0 Å². The molecule has 1 N–H and O–H groups in total. The van der Waals surface area contributed by atoms with Crippen LogP contribution in [0.25, 0.3) is 0 Å². The number of aryl methyl sites for hydroxylation is 2. The molecule has 2 rings (SSSR count). The lowest BCUT2D eigenvalue weighted by Gasteiger charge is -2.33. The largest absolute Gasteiger partial charge is 0.335 e. The van der Waals surface area contributed by atoms with Crippen molar-refractivity contribution in [3.63, 3.8) is 0 Å². The molecule has 0 spiro atoms. The zero-order chi connectivity index (χ0) is 13.9. The maximum atomic E-state index is 4.77. The molecule has 0 radical (unpaired) electrons. The summed E-state index contributed by atoms with van der Waals surface area (Å²) >= 11 is 1.87. The van der Waals surface area contributed by atoms with Crippen LogP contribution in [-0.2, 0) is 0 Å². The lowest BCUT2D eigenvalue weighted by Crippen LogP contribution is -2.32. The number of hydrogen-bond donors (Lipinski definition) is 1. The molecule has 1 heterocycles. The van der Waals surface area contributed by atoms with E-state index in [0.29, 0.717) is 5.41 Å². The number of hydrogen-bond acceptors (Lipinski definition) is 3. The van der Waals surface area contributed by atoms with Gasteiger partial charge in [0.25, 0.3) is 0 Å². The Bertz CT molecular complexity index is 455. The molecule has 104 valence electrons. The SMILES string of the molecule is CCC1(CC)CN=C(Nc2c(C)cccc2C)SC1. The maximum absolute atomic E-state index is 4.77. The lowest BCUT2D eigenvalue weighted by molar-refractivity contribution is 0.318. The predicted molar refractivity (Wildman–Crippen MR) is 87.3 cm³/mol. The lowest BCUT2D eigenvalue weighted by atomic mass is 9.84. The number of nitrogens with zero attached hydrogens (tertiary/aromatic N) is 1. The van der Waals surface area contributed by atoms with Gasteiger partial charge in [-0.1, -0.05) is 43.8 Å². The van der Waals surface area contributed by atoms with E-state index in [1.54, 1.807) is 0 Å². The van der Waals surface area contributed by atoms with E-state index in [1.807, 2.05) is 11.8 Å². The molecule has 1 aromatic rings. The van der Waals surface area contributed by atoms with Gasteiger partial charge in [-0.2, -0.15) is 0 Å². The van der Waals surface area contributed by atoms with Crippen LogP contribution in [0.3, 0.4) is 0 Å². The first kappa shape index (κ1) is 14.4. The Morgan fingerprint density at radius 1 is 1.21 bits per heavy atom. The highest BCUT2D eigenvalue weighted by Gasteiger charge is 2.30. The second-order valence-corrected chi connectivity index (χ2v) is 6.47. The third-order valence-corrected chi connectivity index (χ3v) is 5.55. The Balaban J connectivity index is 2.12. The van der Waals surface area contributed by atoms with E-state index >= 15 is 0 Å². The van der Waals surface area contributed by atoms with Gasteiger partial charge in [0.1, 0.15) is 0 Å². The summed E-state index contributed by atoms with van der Waals surface area (Å²) in [5.41, 5.74) is 4.20. The van der Waals surface area contributed by atoms with Gasteiger partial charge < -0.3 is 5.32 Å². The molecular weight excluding hydrogens is 252 g/mol. The summed E-state index contributed by atoms with van der Waals surface area (Å²) in [4.78, 5) is 4.77. The van der Waals surface area contributed by atoms with Crippen LogP contribution >= 0.6 is 11.8 Å². The number of anilines is 1.